The minimum absolute atomic E-state index is 0.0134. The molecule has 1 atom stereocenters. The van der Waals surface area contributed by atoms with Crippen LogP contribution in [-0.4, -0.2) is 50.5 Å². The fraction of sp³-hybridized carbons (Fsp3) is 0.391. The number of aryl methyl sites for hydroxylation is 1. The lowest BCUT2D eigenvalue weighted by Crippen LogP contribution is -2.51. The van der Waals surface area contributed by atoms with Gasteiger partial charge in [-0.15, -0.1) is 0 Å². The van der Waals surface area contributed by atoms with Gasteiger partial charge in [0.15, 0.2) is 0 Å². The summed E-state index contributed by atoms with van der Waals surface area (Å²) in [5.41, 5.74) is 2.00. The number of hydrogen-bond donors (Lipinski definition) is 1. The first kappa shape index (κ1) is 27.0. The Morgan fingerprint density at radius 3 is 2.21 bits per heavy atom. The summed E-state index contributed by atoms with van der Waals surface area (Å²) in [6, 6.07) is 11.0. The largest absolute Gasteiger partial charge is 0.355 e. The third-order valence-corrected chi connectivity index (χ3v) is 6.91. The summed E-state index contributed by atoms with van der Waals surface area (Å²) in [6.45, 7) is 5.31. The number of halogens is 2. The summed E-state index contributed by atoms with van der Waals surface area (Å²) in [6.07, 6.45) is 1.85. The van der Waals surface area contributed by atoms with E-state index >= 15 is 0 Å². The van der Waals surface area contributed by atoms with E-state index in [1.165, 1.54) is 4.90 Å². The van der Waals surface area contributed by atoms with Crippen LogP contribution in [0.1, 0.15) is 31.9 Å². The van der Waals surface area contributed by atoms with Crippen molar-refractivity contribution in [3.63, 3.8) is 0 Å². The maximum Gasteiger partial charge on any atom is 0.244 e. The van der Waals surface area contributed by atoms with Crippen molar-refractivity contribution in [2.45, 2.75) is 39.8 Å². The molecule has 0 aliphatic carbocycles. The van der Waals surface area contributed by atoms with E-state index in [4.69, 9.17) is 23.2 Å². The van der Waals surface area contributed by atoms with E-state index in [-0.39, 0.29) is 12.5 Å². The average molecular weight is 514 g/mol. The molecule has 0 saturated heterocycles. The number of hydrogen-bond acceptors (Lipinski definition) is 4. The lowest BCUT2D eigenvalue weighted by atomic mass is 10.1. The van der Waals surface area contributed by atoms with Crippen LogP contribution < -0.4 is 9.62 Å². The van der Waals surface area contributed by atoms with Gasteiger partial charge in [-0.25, -0.2) is 8.42 Å². The Kier molecular flexibility index (Phi) is 9.57. The van der Waals surface area contributed by atoms with Crippen LogP contribution in [0.3, 0.4) is 0 Å². The second-order valence-corrected chi connectivity index (χ2v) is 10.4. The molecule has 0 fully saturated rings. The van der Waals surface area contributed by atoms with Crippen molar-refractivity contribution in [2.75, 3.05) is 23.7 Å². The van der Waals surface area contributed by atoms with Gasteiger partial charge in [-0.2, -0.15) is 0 Å². The van der Waals surface area contributed by atoms with Gasteiger partial charge in [-0.1, -0.05) is 48.3 Å². The number of nitrogens with one attached hydrogen (secondary N) is 1. The highest BCUT2D eigenvalue weighted by molar-refractivity contribution is 7.92. The number of nitrogens with zero attached hydrogens (tertiary/aromatic N) is 2. The molecular weight excluding hydrogens is 485 g/mol. The number of amides is 2. The van der Waals surface area contributed by atoms with Crippen LogP contribution in [0.5, 0.6) is 0 Å². The first-order valence-corrected chi connectivity index (χ1v) is 13.2. The zero-order valence-corrected chi connectivity index (χ0v) is 21.5. The predicted octanol–water partition coefficient (Wildman–Crippen LogP) is 3.88. The van der Waals surface area contributed by atoms with E-state index in [2.05, 4.69) is 5.32 Å². The van der Waals surface area contributed by atoms with Gasteiger partial charge in [0.1, 0.15) is 12.6 Å². The molecule has 10 heteroatoms. The number of rotatable bonds is 10. The molecule has 2 rings (SSSR count). The van der Waals surface area contributed by atoms with Gasteiger partial charge in [0, 0.05) is 23.1 Å². The number of sulfonamides is 1. The fourth-order valence-corrected chi connectivity index (χ4v) is 4.57. The molecule has 0 aliphatic rings. The highest BCUT2D eigenvalue weighted by Crippen LogP contribution is 2.24. The summed E-state index contributed by atoms with van der Waals surface area (Å²) in [5.74, 6) is -0.890. The summed E-state index contributed by atoms with van der Waals surface area (Å²) >= 11 is 12.3. The molecule has 2 aromatic rings. The Labute approximate surface area is 205 Å². The molecule has 0 aromatic heterocycles. The number of anilines is 1. The lowest BCUT2D eigenvalue weighted by Gasteiger charge is -2.31. The molecule has 33 heavy (non-hydrogen) atoms. The van der Waals surface area contributed by atoms with Crippen molar-refractivity contribution in [3.8, 4) is 0 Å². The van der Waals surface area contributed by atoms with Crippen LogP contribution in [0.15, 0.2) is 42.5 Å². The minimum atomic E-state index is -3.77. The Hall–Kier alpha value is -2.29. The molecule has 0 aliphatic heterocycles. The smallest absolute Gasteiger partial charge is 0.244 e. The third kappa shape index (κ3) is 7.35. The summed E-state index contributed by atoms with van der Waals surface area (Å²) in [7, 11) is -3.77. The van der Waals surface area contributed by atoms with Gasteiger partial charge in [0.25, 0.3) is 0 Å². The van der Waals surface area contributed by atoms with Gasteiger partial charge in [0.05, 0.1) is 11.9 Å². The standard InChI is InChI=1S/C23H29Cl2N3O4S/c1-5-17-7-11-20(12-8-17)28(33(4,31)32)15-22(29)27(16(3)23(30)26-6-2)14-18-9-10-19(24)13-21(18)25/h7-13,16H,5-6,14-15H2,1-4H3,(H,26,30)/t16-/m1/s1. The van der Waals surface area contributed by atoms with E-state index in [0.29, 0.717) is 27.8 Å². The van der Waals surface area contributed by atoms with Gasteiger partial charge >= 0.3 is 0 Å². The quantitative estimate of drug-likeness (QED) is 0.522. The van der Waals surface area contributed by atoms with E-state index in [1.807, 2.05) is 19.1 Å². The molecule has 180 valence electrons. The van der Waals surface area contributed by atoms with E-state index in [9.17, 15) is 18.0 Å². The number of carbonyl (C=O) groups excluding carboxylic acids is 2. The van der Waals surface area contributed by atoms with Crippen molar-refractivity contribution < 1.29 is 18.0 Å². The summed E-state index contributed by atoms with van der Waals surface area (Å²) in [5, 5.41) is 3.49. The number of likely N-dealkylation sites (N-methyl/N-ethyl adjacent to an activating group) is 1. The van der Waals surface area contributed by atoms with Gasteiger partial charge in [0.2, 0.25) is 21.8 Å². The Balaban J connectivity index is 2.40. The van der Waals surface area contributed by atoms with Crippen molar-refractivity contribution in [1.29, 1.82) is 0 Å². The first-order chi connectivity index (χ1) is 15.5. The Bertz CT molecular complexity index is 1090. The maximum atomic E-state index is 13.4. The topological polar surface area (TPSA) is 86.8 Å². The van der Waals surface area contributed by atoms with Crippen LogP contribution in [-0.2, 0) is 32.6 Å². The van der Waals surface area contributed by atoms with E-state index < -0.39 is 28.5 Å². The second kappa shape index (κ2) is 11.7. The van der Waals surface area contributed by atoms with Crippen molar-refractivity contribution in [1.82, 2.24) is 10.2 Å². The van der Waals surface area contributed by atoms with Gasteiger partial charge in [-0.05, 0) is 55.7 Å². The monoisotopic (exact) mass is 513 g/mol. The molecule has 7 nitrogen and oxygen atoms in total. The highest BCUT2D eigenvalue weighted by Gasteiger charge is 2.30. The molecule has 0 unspecified atom stereocenters. The molecule has 0 saturated carbocycles. The van der Waals surface area contributed by atoms with E-state index in [0.717, 1.165) is 22.5 Å². The molecule has 0 bridgehead atoms. The summed E-state index contributed by atoms with van der Waals surface area (Å²) in [4.78, 5) is 27.3. The van der Waals surface area contributed by atoms with Crippen molar-refractivity contribution in [3.05, 3.63) is 63.6 Å². The lowest BCUT2D eigenvalue weighted by molar-refractivity contribution is -0.139. The van der Waals surface area contributed by atoms with Crippen LogP contribution in [0.25, 0.3) is 0 Å². The van der Waals surface area contributed by atoms with Crippen molar-refractivity contribution >= 4 is 50.7 Å². The van der Waals surface area contributed by atoms with Crippen LogP contribution in [0, 0.1) is 0 Å². The molecule has 0 radical (unpaired) electrons. The molecule has 0 spiro atoms. The second-order valence-electron chi connectivity index (χ2n) is 7.62. The van der Waals surface area contributed by atoms with Crippen molar-refractivity contribution in [2.24, 2.45) is 0 Å². The first-order valence-electron chi connectivity index (χ1n) is 10.6. The minimum Gasteiger partial charge on any atom is -0.355 e. The average Bonchev–Trinajstić information content (AvgIpc) is 2.76. The zero-order chi connectivity index (χ0) is 24.8. The summed E-state index contributed by atoms with van der Waals surface area (Å²) < 4.78 is 26.1. The zero-order valence-electron chi connectivity index (χ0n) is 19.1. The predicted molar refractivity (Wildman–Crippen MR) is 133 cm³/mol. The number of carbonyl (C=O) groups is 2. The van der Waals surface area contributed by atoms with E-state index in [1.54, 1.807) is 44.2 Å². The van der Waals surface area contributed by atoms with Gasteiger partial charge in [-0.3, -0.25) is 13.9 Å². The SMILES string of the molecule is CCNC(=O)[C@@H](C)N(Cc1ccc(Cl)cc1Cl)C(=O)CN(c1ccc(CC)cc1)S(C)(=O)=O. The van der Waals surface area contributed by atoms with Crippen LogP contribution in [0.4, 0.5) is 5.69 Å². The Morgan fingerprint density at radius 2 is 1.70 bits per heavy atom. The van der Waals surface area contributed by atoms with Gasteiger partial charge < -0.3 is 10.2 Å². The molecule has 2 amide bonds. The van der Waals surface area contributed by atoms with Crippen LogP contribution >= 0.6 is 23.2 Å². The molecule has 0 heterocycles. The third-order valence-electron chi connectivity index (χ3n) is 5.19. The maximum absolute atomic E-state index is 13.4. The highest BCUT2D eigenvalue weighted by atomic mass is 35.5. The number of benzene rings is 2. The Morgan fingerprint density at radius 1 is 1.06 bits per heavy atom. The normalized spacial score (nSPS) is 12.2. The van der Waals surface area contributed by atoms with Crippen LogP contribution in [0.2, 0.25) is 10.0 Å². The molecular formula is C23H29Cl2N3O4S. The molecule has 1 N–H and O–H groups in total. The molecule has 2 aromatic carbocycles. The fourth-order valence-electron chi connectivity index (χ4n) is 3.25.